The van der Waals surface area contributed by atoms with Gasteiger partial charge in [0.25, 0.3) is 0 Å². The number of piperidine rings is 1. The molecule has 3 rings (SSSR count). The summed E-state index contributed by atoms with van der Waals surface area (Å²) in [5, 5.41) is 16.2. The summed E-state index contributed by atoms with van der Waals surface area (Å²) in [4.78, 5) is 13.0. The maximum Gasteiger partial charge on any atom is 0.211 e. The molecule has 0 unspecified atom stereocenters. The van der Waals surface area contributed by atoms with E-state index < -0.39 is 10.0 Å². The first kappa shape index (κ1) is 21.1. The molecule has 156 valence electrons. The van der Waals surface area contributed by atoms with E-state index in [2.05, 4.69) is 20.6 Å². The lowest BCUT2D eigenvalue weighted by Crippen LogP contribution is -2.41. The summed E-state index contributed by atoms with van der Waals surface area (Å²) < 4.78 is 29.0. The van der Waals surface area contributed by atoms with Gasteiger partial charge >= 0.3 is 0 Å². The fraction of sp³-hybridized carbons (Fsp3) is 0.500. The van der Waals surface area contributed by atoms with Gasteiger partial charge in [-0.25, -0.2) is 17.8 Å². The zero-order valence-corrected chi connectivity index (χ0v) is 18.0. The van der Waals surface area contributed by atoms with Crippen LogP contribution in [0, 0.1) is 0 Å². The van der Waals surface area contributed by atoms with Crippen molar-refractivity contribution in [2.24, 2.45) is 0 Å². The Morgan fingerprint density at radius 2 is 1.31 bits per heavy atom. The van der Waals surface area contributed by atoms with Gasteiger partial charge in [0.1, 0.15) is 11.4 Å². The molecule has 0 bridgehead atoms. The molecule has 0 aliphatic carbocycles. The predicted octanol–water partition coefficient (Wildman–Crippen LogP) is 1.34. The third-order valence-corrected chi connectivity index (χ3v) is 5.70. The zero-order valence-electron chi connectivity index (χ0n) is 17.1. The lowest BCUT2D eigenvalue weighted by Gasteiger charge is -2.27. The van der Waals surface area contributed by atoms with Crippen LogP contribution in [-0.2, 0) is 14.8 Å². The highest BCUT2D eigenvalue weighted by Gasteiger charge is 2.31. The minimum Gasteiger partial charge on any atom is -0.289 e. The number of hydrogen-bond acceptors (Lipinski definition) is 7. The summed E-state index contributed by atoms with van der Waals surface area (Å²) in [6, 6.07) is 0.256. The standard InChI is InChI=1S/C18H25N7O3S/c1-12(2)24-10-16(19-21-24)6-14-8-23(29(5,27)28)9-15(18(14)26)7-17-11-25(13(3)4)22-20-17/h6-7,10-13H,8-9H2,1-5H3. The van der Waals surface area contributed by atoms with Crippen LogP contribution in [0.4, 0.5) is 0 Å². The van der Waals surface area contributed by atoms with Crippen molar-refractivity contribution in [1.82, 2.24) is 34.3 Å². The van der Waals surface area contributed by atoms with Gasteiger partial charge in [-0.05, 0) is 39.8 Å². The van der Waals surface area contributed by atoms with Crippen LogP contribution < -0.4 is 0 Å². The Balaban J connectivity index is 1.98. The van der Waals surface area contributed by atoms with E-state index in [0.717, 1.165) is 6.26 Å². The van der Waals surface area contributed by atoms with Crippen molar-refractivity contribution < 1.29 is 13.2 Å². The number of ketones is 1. The molecule has 0 aromatic carbocycles. The van der Waals surface area contributed by atoms with Crippen LogP contribution >= 0.6 is 0 Å². The first-order valence-electron chi connectivity index (χ1n) is 9.29. The van der Waals surface area contributed by atoms with Gasteiger partial charge in [-0.15, -0.1) is 10.2 Å². The second-order valence-electron chi connectivity index (χ2n) is 7.63. The van der Waals surface area contributed by atoms with E-state index in [1.165, 1.54) is 4.31 Å². The van der Waals surface area contributed by atoms with Crippen molar-refractivity contribution in [3.8, 4) is 0 Å². The fourth-order valence-electron chi connectivity index (χ4n) is 2.82. The Bertz CT molecular complexity index is 1010. The Morgan fingerprint density at radius 1 is 0.897 bits per heavy atom. The zero-order chi connectivity index (χ0) is 21.3. The van der Waals surface area contributed by atoms with Gasteiger partial charge in [0.2, 0.25) is 10.0 Å². The SMILES string of the molecule is CC(C)n1cc(C=C2CN(S(C)(=O)=O)CC(=Cc3cn(C(C)C)nn3)C2=O)nn1. The molecule has 0 saturated carbocycles. The van der Waals surface area contributed by atoms with Crippen LogP contribution in [0.3, 0.4) is 0 Å². The van der Waals surface area contributed by atoms with Crippen LogP contribution in [0.5, 0.6) is 0 Å². The quantitative estimate of drug-likeness (QED) is 0.672. The smallest absolute Gasteiger partial charge is 0.211 e. The van der Waals surface area contributed by atoms with Gasteiger partial charge in [0, 0.05) is 36.3 Å². The van der Waals surface area contributed by atoms with Crippen LogP contribution in [-0.4, -0.2) is 67.8 Å². The summed E-state index contributed by atoms with van der Waals surface area (Å²) in [6.07, 6.45) is 7.75. The summed E-state index contributed by atoms with van der Waals surface area (Å²) in [5.74, 6) is -0.233. The highest BCUT2D eigenvalue weighted by molar-refractivity contribution is 7.88. The molecule has 1 fully saturated rings. The molecule has 3 heterocycles. The molecule has 0 spiro atoms. The second kappa shape index (κ2) is 7.99. The molecule has 11 heteroatoms. The van der Waals surface area contributed by atoms with Crippen molar-refractivity contribution >= 4 is 28.0 Å². The lowest BCUT2D eigenvalue weighted by atomic mass is 9.97. The molecular formula is C18H25N7O3S. The third kappa shape index (κ3) is 4.85. The largest absolute Gasteiger partial charge is 0.289 e. The van der Waals surface area contributed by atoms with E-state index in [-0.39, 0.29) is 31.0 Å². The number of hydrogen-bond donors (Lipinski definition) is 0. The fourth-order valence-corrected chi connectivity index (χ4v) is 3.56. The summed E-state index contributed by atoms with van der Waals surface area (Å²) in [6.45, 7) is 7.84. The number of Topliss-reactive ketones (excluding diaryl/α,β-unsaturated/α-hetero) is 1. The number of nitrogens with zero attached hydrogens (tertiary/aromatic N) is 7. The molecule has 1 aliphatic rings. The Morgan fingerprint density at radius 3 is 1.62 bits per heavy atom. The van der Waals surface area contributed by atoms with Crippen molar-refractivity contribution in [3.63, 3.8) is 0 Å². The number of aromatic nitrogens is 6. The average molecular weight is 420 g/mol. The summed E-state index contributed by atoms with van der Waals surface area (Å²) >= 11 is 0. The highest BCUT2D eigenvalue weighted by atomic mass is 32.2. The van der Waals surface area contributed by atoms with Gasteiger partial charge in [0.05, 0.1) is 18.6 Å². The van der Waals surface area contributed by atoms with Crippen molar-refractivity contribution in [2.75, 3.05) is 19.3 Å². The maximum atomic E-state index is 13.0. The number of rotatable bonds is 5. The van der Waals surface area contributed by atoms with E-state index in [9.17, 15) is 13.2 Å². The molecule has 0 N–H and O–H groups in total. The molecule has 0 amide bonds. The highest BCUT2D eigenvalue weighted by Crippen LogP contribution is 2.23. The number of carbonyl (C=O) groups excluding carboxylic acids is 1. The second-order valence-corrected chi connectivity index (χ2v) is 9.62. The maximum absolute atomic E-state index is 13.0. The van der Waals surface area contributed by atoms with Gasteiger partial charge in [-0.3, -0.25) is 4.79 Å². The summed E-state index contributed by atoms with van der Waals surface area (Å²) in [5.41, 5.74) is 1.67. The molecule has 2 aromatic rings. The van der Waals surface area contributed by atoms with Crippen LogP contribution in [0.15, 0.2) is 23.5 Å². The number of sulfonamides is 1. The molecule has 1 saturated heterocycles. The van der Waals surface area contributed by atoms with Crippen molar-refractivity contribution in [2.45, 2.75) is 39.8 Å². The monoisotopic (exact) mass is 419 g/mol. The Kier molecular flexibility index (Phi) is 5.80. The molecule has 2 aromatic heterocycles. The molecule has 0 radical (unpaired) electrons. The van der Waals surface area contributed by atoms with Gasteiger partial charge in [-0.2, -0.15) is 4.31 Å². The number of carbonyl (C=O) groups is 1. The van der Waals surface area contributed by atoms with Gasteiger partial charge < -0.3 is 0 Å². The van der Waals surface area contributed by atoms with E-state index in [1.807, 2.05) is 27.7 Å². The predicted molar refractivity (Wildman–Crippen MR) is 108 cm³/mol. The topological polar surface area (TPSA) is 116 Å². The average Bonchev–Trinajstić information content (AvgIpc) is 3.27. The van der Waals surface area contributed by atoms with Crippen LogP contribution in [0.25, 0.3) is 12.2 Å². The molecule has 0 atom stereocenters. The lowest BCUT2D eigenvalue weighted by molar-refractivity contribution is -0.113. The summed E-state index contributed by atoms with van der Waals surface area (Å²) in [7, 11) is -3.50. The third-order valence-electron chi connectivity index (χ3n) is 4.50. The van der Waals surface area contributed by atoms with Gasteiger partial charge in [-0.1, -0.05) is 10.4 Å². The molecule has 10 nitrogen and oxygen atoms in total. The van der Waals surface area contributed by atoms with Crippen molar-refractivity contribution in [3.05, 3.63) is 34.9 Å². The van der Waals surface area contributed by atoms with E-state index in [0.29, 0.717) is 22.5 Å². The Labute approximate surface area is 169 Å². The molecular weight excluding hydrogens is 394 g/mol. The van der Waals surface area contributed by atoms with E-state index in [1.54, 1.807) is 33.9 Å². The van der Waals surface area contributed by atoms with Crippen LogP contribution in [0.2, 0.25) is 0 Å². The molecule has 29 heavy (non-hydrogen) atoms. The molecule has 1 aliphatic heterocycles. The van der Waals surface area contributed by atoms with Crippen molar-refractivity contribution in [1.29, 1.82) is 0 Å². The first-order chi connectivity index (χ1) is 13.5. The Hall–Kier alpha value is -2.66. The van der Waals surface area contributed by atoms with Gasteiger partial charge in [0.15, 0.2) is 5.78 Å². The van der Waals surface area contributed by atoms with E-state index >= 15 is 0 Å². The first-order valence-corrected chi connectivity index (χ1v) is 11.1. The van der Waals surface area contributed by atoms with E-state index in [4.69, 9.17) is 0 Å². The normalized spacial score (nSPS) is 19.2. The minimum atomic E-state index is -3.50. The minimum absolute atomic E-state index is 0.0117. The van der Waals surface area contributed by atoms with Crippen LogP contribution in [0.1, 0.15) is 51.2 Å².